The highest BCUT2D eigenvalue weighted by atomic mass is 16.6. The molecule has 0 aliphatic carbocycles. The first-order valence-electron chi connectivity index (χ1n) is 6.63. The zero-order valence-electron chi connectivity index (χ0n) is 13.5. The van der Waals surface area contributed by atoms with E-state index in [0.717, 1.165) is 0 Å². The van der Waals surface area contributed by atoms with Gasteiger partial charge in [0.25, 0.3) is 0 Å². The van der Waals surface area contributed by atoms with E-state index in [2.05, 4.69) is 18.5 Å². The minimum Gasteiger partial charge on any atom is -0.481 e. The molecule has 1 unspecified atom stereocenters. The molecule has 0 bridgehead atoms. The molecule has 0 fully saturated rings. The number of amides is 1. The molecule has 7 heteroatoms. The van der Waals surface area contributed by atoms with Crippen molar-refractivity contribution >= 4 is 18.0 Å². The maximum absolute atomic E-state index is 11.5. The van der Waals surface area contributed by atoms with Gasteiger partial charge in [-0.05, 0) is 27.7 Å². The van der Waals surface area contributed by atoms with E-state index >= 15 is 0 Å². The van der Waals surface area contributed by atoms with Crippen LogP contribution >= 0.6 is 0 Å². The number of nitrogens with one attached hydrogen (secondary N) is 1. The van der Waals surface area contributed by atoms with Crippen molar-refractivity contribution < 1.29 is 29.0 Å². The van der Waals surface area contributed by atoms with Gasteiger partial charge in [0, 0.05) is 0 Å². The van der Waals surface area contributed by atoms with Gasteiger partial charge in [-0.15, -0.1) is 6.58 Å². The fraction of sp³-hybridized carbons (Fsp3) is 0.533. The SMILES string of the molecule is C=CC.C=CCOC(=O)C(CC(=O)O)NC(=O)OC(C)(C)C. The molecule has 0 aromatic heterocycles. The van der Waals surface area contributed by atoms with Crippen LogP contribution in [-0.2, 0) is 19.1 Å². The van der Waals surface area contributed by atoms with Crippen LogP contribution in [0.4, 0.5) is 4.79 Å². The largest absolute Gasteiger partial charge is 0.481 e. The van der Waals surface area contributed by atoms with Gasteiger partial charge >= 0.3 is 18.0 Å². The lowest BCUT2D eigenvalue weighted by atomic mass is 10.2. The van der Waals surface area contributed by atoms with E-state index in [-0.39, 0.29) is 6.61 Å². The van der Waals surface area contributed by atoms with Gasteiger partial charge in [-0.25, -0.2) is 9.59 Å². The molecule has 22 heavy (non-hydrogen) atoms. The van der Waals surface area contributed by atoms with E-state index in [1.165, 1.54) is 6.08 Å². The molecule has 2 N–H and O–H groups in total. The van der Waals surface area contributed by atoms with E-state index in [1.807, 2.05) is 6.92 Å². The van der Waals surface area contributed by atoms with Gasteiger partial charge in [0.15, 0.2) is 0 Å². The zero-order valence-corrected chi connectivity index (χ0v) is 13.5. The summed E-state index contributed by atoms with van der Waals surface area (Å²) in [6.07, 6.45) is 1.62. The minimum atomic E-state index is -1.30. The first-order chi connectivity index (χ1) is 10.1. The summed E-state index contributed by atoms with van der Waals surface area (Å²) in [5.74, 6) is -2.09. The van der Waals surface area contributed by atoms with Crippen LogP contribution in [0.1, 0.15) is 34.1 Å². The normalized spacial score (nSPS) is 11.1. The van der Waals surface area contributed by atoms with Crippen molar-refractivity contribution in [2.24, 2.45) is 0 Å². The number of carbonyl (C=O) groups is 3. The molecule has 0 rings (SSSR count). The Bertz CT molecular complexity index is 397. The highest BCUT2D eigenvalue weighted by Crippen LogP contribution is 2.07. The number of rotatable bonds is 6. The summed E-state index contributed by atoms with van der Waals surface area (Å²) in [4.78, 5) is 33.6. The summed E-state index contributed by atoms with van der Waals surface area (Å²) >= 11 is 0. The fourth-order valence-electron chi connectivity index (χ4n) is 1.06. The van der Waals surface area contributed by atoms with Crippen LogP contribution in [-0.4, -0.2) is 41.4 Å². The number of esters is 1. The number of allylic oxidation sites excluding steroid dienone is 1. The van der Waals surface area contributed by atoms with E-state index in [0.29, 0.717) is 0 Å². The average Bonchev–Trinajstić information content (AvgIpc) is 2.33. The maximum Gasteiger partial charge on any atom is 0.408 e. The lowest BCUT2D eigenvalue weighted by Crippen LogP contribution is -2.45. The number of hydrogen-bond donors (Lipinski definition) is 2. The van der Waals surface area contributed by atoms with Gasteiger partial charge < -0.3 is 19.9 Å². The highest BCUT2D eigenvalue weighted by molar-refractivity contribution is 5.85. The third kappa shape index (κ3) is 14.1. The van der Waals surface area contributed by atoms with Crippen LogP contribution in [0.3, 0.4) is 0 Å². The van der Waals surface area contributed by atoms with E-state index in [1.54, 1.807) is 26.8 Å². The van der Waals surface area contributed by atoms with Crippen LogP contribution < -0.4 is 5.32 Å². The Morgan fingerprint density at radius 2 is 1.77 bits per heavy atom. The Balaban J connectivity index is 0. The van der Waals surface area contributed by atoms with Crippen LogP contribution in [0.5, 0.6) is 0 Å². The minimum absolute atomic E-state index is 0.0645. The fourth-order valence-corrected chi connectivity index (χ4v) is 1.06. The van der Waals surface area contributed by atoms with Crippen LogP contribution in [0.15, 0.2) is 25.3 Å². The van der Waals surface area contributed by atoms with Crippen molar-refractivity contribution in [3.63, 3.8) is 0 Å². The molecule has 0 aliphatic heterocycles. The number of carboxylic acid groups (broad SMARTS) is 1. The quantitative estimate of drug-likeness (QED) is 0.576. The molecular formula is C15H25NO6. The van der Waals surface area contributed by atoms with Crippen LogP contribution in [0.2, 0.25) is 0 Å². The van der Waals surface area contributed by atoms with Gasteiger partial charge in [0.2, 0.25) is 0 Å². The second-order valence-electron chi connectivity index (χ2n) is 5.12. The van der Waals surface area contributed by atoms with Crippen molar-refractivity contribution in [3.05, 3.63) is 25.3 Å². The summed E-state index contributed by atoms with van der Waals surface area (Å²) < 4.78 is 9.63. The topological polar surface area (TPSA) is 102 Å². The van der Waals surface area contributed by atoms with Gasteiger partial charge in [-0.3, -0.25) is 4.79 Å². The Kier molecular flexibility index (Phi) is 11.3. The standard InChI is InChI=1S/C12H19NO6.C3H6/c1-5-6-18-10(16)8(7-9(14)15)13-11(17)19-12(2,3)4;1-3-2/h5,8H,1,6-7H2,2-4H3,(H,13,17)(H,14,15);3H,1H2,2H3. The van der Waals surface area contributed by atoms with Crippen molar-refractivity contribution in [3.8, 4) is 0 Å². The number of carboxylic acids is 1. The number of alkyl carbamates (subject to hydrolysis) is 1. The summed E-state index contributed by atoms with van der Waals surface area (Å²) in [7, 11) is 0. The zero-order chi connectivity index (χ0) is 17.8. The van der Waals surface area contributed by atoms with Gasteiger partial charge in [0.1, 0.15) is 18.2 Å². The van der Waals surface area contributed by atoms with E-state index in [9.17, 15) is 14.4 Å². The second kappa shape index (κ2) is 11.4. The molecule has 0 spiro atoms. The third-order valence-corrected chi connectivity index (χ3v) is 1.70. The molecule has 0 radical (unpaired) electrons. The average molecular weight is 315 g/mol. The van der Waals surface area contributed by atoms with Crippen molar-refractivity contribution in [1.82, 2.24) is 5.32 Å². The van der Waals surface area contributed by atoms with Crippen molar-refractivity contribution in [1.29, 1.82) is 0 Å². The third-order valence-electron chi connectivity index (χ3n) is 1.70. The number of carbonyl (C=O) groups excluding carboxylic acids is 2. The maximum atomic E-state index is 11.5. The second-order valence-corrected chi connectivity index (χ2v) is 5.12. The summed E-state index contributed by atoms with van der Waals surface area (Å²) in [6, 6.07) is -1.30. The first-order valence-corrected chi connectivity index (χ1v) is 6.63. The Hall–Kier alpha value is -2.31. The molecule has 0 aromatic carbocycles. The molecule has 0 saturated carbocycles. The van der Waals surface area contributed by atoms with Crippen molar-refractivity contribution in [2.75, 3.05) is 6.61 Å². The van der Waals surface area contributed by atoms with Gasteiger partial charge in [-0.1, -0.05) is 18.7 Å². The number of aliphatic carboxylic acids is 1. The first kappa shape index (κ1) is 22.0. The lowest BCUT2D eigenvalue weighted by Gasteiger charge is -2.22. The molecule has 126 valence electrons. The molecule has 0 aliphatic rings. The lowest BCUT2D eigenvalue weighted by molar-refractivity contribution is -0.149. The van der Waals surface area contributed by atoms with E-state index < -0.39 is 36.1 Å². The molecule has 0 heterocycles. The van der Waals surface area contributed by atoms with Gasteiger partial charge in [-0.2, -0.15) is 0 Å². The molecule has 1 amide bonds. The predicted molar refractivity (Wildman–Crippen MR) is 82.4 cm³/mol. The molecular weight excluding hydrogens is 290 g/mol. The molecule has 0 saturated heterocycles. The van der Waals surface area contributed by atoms with Gasteiger partial charge in [0.05, 0.1) is 6.42 Å². The Labute approximate surface area is 131 Å². The van der Waals surface area contributed by atoms with E-state index in [4.69, 9.17) is 14.6 Å². The molecule has 0 aromatic rings. The van der Waals surface area contributed by atoms with Crippen molar-refractivity contribution in [2.45, 2.75) is 45.8 Å². The predicted octanol–water partition coefficient (Wildman–Crippen LogP) is 2.28. The number of hydrogen-bond acceptors (Lipinski definition) is 5. The Morgan fingerprint density at radius 3 is 2.14 bits per heavy atom. The summed E-state index contributed by atoms with van der Waals surface area (Å²) in [5.41, 5.74) is -0.747. The highest BCUT2D eigenvalue weighted by Gasteiger charge is 2.27. The van der Waals surface area contributed by atoms with Crippen LogP contribution in [0, 0.1) is 0 Å². The smallest absolute Gasteiger partial charge is 0.408 e. The molecule has 1 atom stereocenters. The summed E-state index contributed by atoms with van der Waals surface area (Å²) in [5, 5.41) is 10.8. The monoisotopic (exact) mass is 315 g/mol. The summed E-state index contributed by atoms with van der Waals surface area (Å²) in [6.45, 7) is 13.5. The van der Waals surface area contributed by atoms with Crippen LogP contribution in [0.25, 0.3) is 0 Å². The Morgan fingerprint density at radius 1 is 1.27 bits per heavy atom. The number of ether oxygens (including phenoxy) is 2. The molecule has 7 nitrogen and oxygen atoms in total.